The van der Waals surface area contributed by atoms with Crippen molar-refractivity contribution in [3.63, 3.8) is 0 Å². The zero-order valence-corrected chi connectivity index (χ0v) is 24.7. The third-order valence-corrected chi connectivity index (χ3v) is 5.86. The summed E-state index contributed by atoms with van der Waals surface area (Å²) in [5, 5.41) is 0. The molecule has 206 valence electrons. The summed E-state index contributed by atoms with van der Waals surface area (Å²) in [4.78, 5) is 24.7. The molecule has 2 aliphatic rings. The lowest BCUT2D eigenvalue weighted by atomic mass is 9.89. The molecule has 38 heavy (non-hydrogen) atoms. The maximum atomic E-state index is 12.6. The summed E-state index contributed by atoms with van der Waals surface area (Å²) < 4.78 is 2.03. The van der Waals surface area contributed by atoms with Gasteiger partial charge in [-0.1, -0.05) is 92.0 Å². The topological polar surface area (TPSA) is 39.1 Å². The Morgan fingerprint density at radius 2 is 1.76 bits per heavy atom. The number of rotatable bonds is 4. The number of pyridine rings is 1. The lowest BCUT2D eigenvalue weighted by molar-refractivity contribution is 0.104. The van der Waals surface area contributed by atoms with Gasteiger partial charge in [-0.3, -0.25) is 9.59 Å². The summed E-state index contributed by atoms with van der Waals surface area (Å²) in [5.74, 6) is 0.499. The number of aryl methyl sites for hydroxylation is 2. The predicted molar refractivity (Wildman–Crippen MR) is 169 cm³/mol. The van der Waals surface area contributed by atoms with Crippen LogP contribution in [0.5, 0.6) is 0 Å². The SMILES string of the molecule is C=C=C(/C=C1\CCCCn2cc(C(=O)C=C)c(=O)cc21)c1cccc2c1C=CCC2.CC.CC.CC(C)C.[HH]. The molecule has 4 rings (SSSR count). The van der Waals surface area contributed by atoms with Crippen molar-refractivity contribution in [2.24, 2.45) is 5.92 Å². The fourth-order valence-corrected chi connectivity index (χ4v) is 4.30. The fourth-order valence-electron chi connectivity index (χ4n) is 4.30. The summed E-state index contributed by atoms with van der Waals surface area (Å²) in [7, 11) is 0. The number of carbonyl (C=O) groups excluding carboxylic acids is 1. The average Bonchev–Trinajstić information content (AvgIpc) is 3.14. The van der Waals surface area contributed by atoms with Gasteiger partial charge in [0.2, 0.25) is 0 Å². The highest BCUT2D eigenvalue weighted by atomic mass is 16.1. The van der Waals surface area contributed by atoms with Crippen LogP contribution in [0.4, 0.5) is 0 Å². The van der Waals surface area contributed by atoms with Crippen LogP contribution >= 0.6 is 0 Å². The molecule has 1 aliphatic heterocycles. The first kappa shape index (κ1) is 32.6. The lowest BCUT2D eigenvalue weighted by Gasteiger charge is -2.17. The van der Waals surface area contributed by atoms with Gasteiger partial charge < -0.3 is 4.57 Å². The number of hydrogen-bond donors (Lipinski definition) is 0. The van der Waals surface area contributed by atoms with Gasteiger partial charge in [-0.2, -0.15) is 0 Å². The van der Waals surface area contributed by atoms with Gasteiger partial charge in [-0.25, -0.2) is 0 Å². The molecule has 0 atom stereocenters. The zero-order valence-electron chi connectivity index (χ0n) is 24.7. The number of nitrogens with zero attached hydrogens (tertiary/aromatic N) is 1. The summed E-state index contributed by atoms with van der Waals surface area (Å²) in [6, 6.07) is 7.96. The first-order chi connectivity index (χ1) is 18.3. The molecule has 0 N–H and O–H groups in total. The second kappa shape index (κ2) is 17.2. The molecule has 0 bridgehead atoms. The van der Waals surface area contributed by atoms with Gasteiger partial charge in [-0.05, 0) is 72.4 Å². The molecule has 0 fully saturated rings. The minimum Gasteiger partial charge on any atom is -0.347 e. The fraction of sp³-hybridized carbons (Fsp3) is 0.400. The third-order valence-electron chi connectivity index (χ3n) is 5.86. The Kier molecular flexibility index (Phi) is 14.7. The van der Waals surface area contributed by atoms with Crippen molar-refractivity contribution < 1.29 is 6.22 Å². The molecule has 1 aliphatic carbocycles. The van der Waals surface area contributed by atoms with Crippen LogP contribution < -0.4 is 5.43 Å². The summed E-state index contributed by atoms with van der Waals surface area (Å²) in [5.41, 5.74) is 9.59. The Labute approximate surface area is 232 Å². The van der Waals surface area contributed by atoms with Gasteiger partial charge in [0, 0.05) is 31.5 Å². The van der Waals surface area contributed by atoms with E-state index in [1.807, 2.05) is 32.3 Å². The van der Waals surface area contributed by atoms with E-state index in [2.05, 4.69) is 76.1 Å². The second-order valence-corrected chi connectivity index (χ2v) is 9.47. The lowest BCUT2D eigenvalue weighted by Crippen LogP contribution is -2.18. The third kappa shape index (κ3) is 8.85. The van der Waals surface area contributed by atoms with E-state index in [0.29, 0.717) is 0 Å². The highest BCUT2D eigenvalue weighted by molar-refractivity contribution is 6.04. The summed E-state index contributed by atoms with van der Waals surface area (Å²) in [6.45, 7) is 22.7. The second-order valence-electron chi connectivity index (χ2n) is 9.47. The molecule has 3 heteroatoms. The van der Waals surface area contributed by atoms with Crippen molar-refractivity contribution in [2.75, 3.05) is 0 Å². The van der Waals surface area contributed by atoms with E-state index in [1.165, 1.54) is 17.2 Å². The monoisotopic (exact) mass is 515 g/mol. The van der Waals surface area contributed by atoms with Crippen molar-refractivity contribution in [3.8, 4) is 0 Å². The molecule has 0 saturated carbocycles. The molecule has 0 spiro atoms. The first-order valence-electron chi connectivity index (χ1n) is 14.2. The van der Waals surface area contributed by atoms with Gasteiger partial charge in [-0.15, -0.1) is 5.73 Å². The minimum atomic E-state index is -0.334. The van der Waals surface area contributed by atoms with Crippen LogP contribution in [-0.2, 0) is 13.0 Å². The van der Waals surface area contributed by atoms with Gasteiger partial charge in [0.15, 0.2) is 11.2 Å². The molecule has 0 saturated heterocycles. The van der Waals surface area contributed by atoms with Gasteiger partial charge in [0.05, 0.1) is 5.56 Å². The number of fused-ring (bicyclic) bond motifs is 2. The Hall–Kier alpha value is -3.42. The van der Waals surface area contributed by atoms with Crippen LogP contribution in [0.1, 0.15) is 108 Å². The highest BCUT2D eigenvalue weighted by Gasteiger charge is 2.18. The number of benzene rings is 1. The first-order valence-corrected chi connectivity index (χ1v) is 14.2. The largest absolute Gasteiger partial charge is 0.347 e. The normalized spacial score (nSPS) is 14.1. The van der Waals surface area contributed by atoms with E-state index in [-0.39, 0.29) is 18.2 Å². The maximum Gasteiger partial charge on any atom is 0.193 e. The number of aromatic nitrogens is 1. The summed E-state index contributed by atoms with van der Waals surface area (Å²) in [6.07, 6.45) is 14.4. The smallest absolute Gasteiger partial charge is 0.193 e. The Balaban J connectivity index is 0.00000145. The molecule has 3 nitrogen and oxygen atoms in total. The van der Waals surface area contributed by atoms with E-state index < -0.39 is 0 Å². The molecule has 0 radical (unpaired) electrons. The van der Waals surface area contributed by atoms with Crippen LogP contribution in [0.15, 0.2) is 72.4 Å². The molecule has 2 aromatic rings. The number of carbonyl (C=O) groups is 1. The molecule has 0 amide bonds. The zero-order chi connectivity index (χ0) is 28.7. The van der Waals surface area contributed by atoms with Crippen molar-refractivity contribution in [2.45, 2.75) is 87.1 Å². The van der Waals surface area contributed by atoms with Crippen LogP contribution in [-0.4, -0.2) is 10.4 Å². The van der Waals surface area contributed by atoms with E-state index in [1.54, 1.807) is 12.3 Å². The van der Waals surface area contributed by atoms with Crippen LogP contribution in [0.25, 0.3) is 17.2 Å². The number of ketones is 1. The molecule has 1 aromatic heterocycles. The van der Waals surface area contributed by atoms with Gasteiger partial charge >= 0.3 is 0 Å². The molecule has 2 heterocycles. The van der Waals surface area contributed by atoms with Gasteiger partial charge in [0.1, 0.15) is 0 Å². The van der Waals surface area contributed by atoms with Crippen molar-refractivity contribution in [3.05, 3.63) is 106 Å². The Bertz CT molecular complexity index is 1250. The van der Waals surface area contributed by atoms with Gasteiger partial charge in [0.25, 0.3) is 0 Å². The highest BCUT2D eigenvalue weighted by Crippen LogP contribution is 2.32. The quantitative estimate of drug-likeness (QED) is 0.231. The minimum absolute atomic E-state index is 0. The Morgan fingerprint density at radius 3 is 2.39 bits per heavy atom. The van der Waals surface area contributed by atoms with E-state index in [9.17, 15) is 9.59 Å². The molecule has 0 unspecified atom stereocenters. The summed E-state index contributed by atoms with van der Waals surface area (Å²) >= 11 is 0. The van der Waals surface area contributed by atoms with Crippen molar-refractivity contribution in [1.29, 1.82) is 0 Å². The van der Waals surface area contributed by atoms with Crippen LogP contribution in [0.2, 0.25) is 0 Å². The molecule has 1 aromatic carbocycles. The average molecular weight is 516 g/mol. The standard InChI is InChI=1S/C27H25NO2.C4H10.2C2H6.H2/c1-3-19(22-14-9-12-20-10-5-6-13-23(20)22)16-21-11-7-8-15-28-18-24(26(29)4-2)27(30)17-25(21)28;1-4(2)3;2*1-2;/h4,6,9,12-14,16-18H,1-2,5,7-8,10-11,15H2;4H,1-3H3;2*1-2H3;1H/b21-16+;;;;. The number of allylic oxidation sites excluding steroid dienone is 5. The predicted octanol–water partition coefficient (Wildman–Crippen LogP) is 9.57. The molecular weight excluding hydrogens is 466 g/mol. The van der Waals surface area contributed by atoms with E-state index in [4.69, 9.17) is 0 Å². The van der Waals surface area contributed by atoms with Crippen molar-refractivity contribution >= 4 is 23.0 Å². The maximum absolute atomic E-state index is 12.6. The van der Waals surface area contributed by atoms with E-state index >= 15 is 0 Å². The molecular formula is C35H49NO2. The van der Waals surface area contributed by atoms with Crippen LogP contribution in [0, 0.1) is 5.92 Å². The van der Waals surface area contributed by atoms with Crippen molar-refractivity contribution in [1.82, 2.24) is 4.57 Å². The van der Waals surface area contributed by atoms with Crippen LogP contribution in [0.3, 0.4) is 0 Å². The number of hydrogen-bond acceptors (Lipinski definition) is 2. The van der Waals surface area contributed by atoms with E-state index in [0.717, 1.165) is 67.0 Å². The Morgan fingerprint density at radius 1 is 1.08 bits per heavy atom.